The van der Waals surface area contributed by atoms with E-state index in [-0.39, 0.29) is 0 Å². The molecule has 0 amide bonds. The van der Waals surface area contributed by atoms with Crippen molar-refractivity contribution in [3.63, 3.8) is 0 Å². The highest BCUT2D eigenvalue weighted by Crippen LogP contribution is 2.12. The van der Waals surface area contributed by atoms with Gasteiger partial charge >= 0.3 is 5.97 Å². The maximum Gasteiger partial charge on any atom is 0.335 e. The molecule has 4 heteroatoms. The third-order valence-corrected chi connectivity index (χ3v) is 5.65. The van der Waals surface area contributed by atoms with Gasteiger partial charge in [-0.1, -0.05) is 70.4 Å². The number of carboxylic acid groups (broad SMARTS) is 1. The van der Waals surface area contributed by atoms with Crippen molar-refractivity contribution in [3.8, 4) is 0 Å². The minimum Gasteiger partial charge on any atom is -0.478 e. The fourth-order valence-corrected chi connectivity index (χ4v) is 3.77. The van der Waals surface area contributed by atoms with E-state index in [1.807, 2.05) is 12.1 Å². The van der Waals surface area contributed by atoms with Gasteiger partial charge < -0.3 is 5.11 Å². The fraction of sp³-hybridized carbons (Fsp3) is 0.583. The average Bonchev–Trinajstić information content (AvgIpc) is 2.94. The van der Waals surface area contributed by atoms with Crippen molar-refractivity contribution in [3.05, 3.63) is 53.1 Å². The van der Waals surface area contributed by atoms with Crippen LogP contribution in [0.1, 0.15) is 92.2 Å². The van der Waals surface area contributed by atoms with Crippen LogP contribution in [0.15, 0.2) is 30.5 Å². The van der Waals surface area contributed by atoms with Gasteiger partial charge in [-0.3, -0.25) is 0 Å². The third-order valence-electron chi connectivity index (χ3n) is 5.65. The molecule has 0 unspecified atom stereocenters. The highest BCUT2D eigenvalue weighted by atomic mass is 16.4. The number of nitrogens with zero attached hydrogens (tertiary/aromatic N) is 2. The maximum absolute atomic E-state index is 11.0. The molecule has 0 aliphatic carbocycles. The summed E-state index contributed by atoms with van der Waals surface area (Å²) in [6, 6.07) is 7.21. The van der Waals surface area contributed by atoms with Crippen LogP contribution >= 0.6 is 0 Å². The molecule has 1 heterocycles. The second kappa shape index (κ2) is 11.7. The summed E-state index contributed by atoms with van der Waals surface area (Å²) in [6.45, 7) is 5.20. The minimum atomic E-state index is -0.874. The molecular weight excluding hydrogens is 348 g/mol. The van der Waals surface area contributed by atoms with Crippen LogP contribution in [0.5, 0.6) is 0 Å². The molecule has 2 rings (SSSR count). The lowest BCUT2D eigenvalue weighted by atomic mass is 10.1. The Morgan fingerprint density at radius 3 is 2.11 bits per heavy atom. The molecule has 1 aromatic heterocycles. The van der Waals surface area contributed by atoms with Crippen LogP contribution in [0.3, 0.4) is 0 Å². The number of rotatable bonds is 13. The number of imidazole rings is 1. The summed E-state index contributed by atoms with van der Waals surface area (Å²) in [4.78, 5) is 11.0. The number of hydrogen-bond donors (Lipinski definition) is 1. The largest absolute Gasteiger partial charge is 0.478 e. The van der Waals surface area contributed by atoms with Gasteiger partial charge in [0.1, 0.15) is 18.4 Å². The van der Waals surface area contributed by atoms with E-state index in [2.05, 4.69) is 36.2 Å². The Morgan fingerprint density at radius 1 is 0.964 bits per heavy atom. The van der Waals surface area contributed by atoms with E-state index < -0.39 is 5.97 Å². The smallest absolute Gasteiger partial charge is 0.335 e. The van der Waals surface area contributed by atoms with Crippen LogP contribution in [0.25, 0.3) is 0 Å². The van der Waals surface area contributed by atoms with E-state index in [1.54, 1.807) is 12.1 Å². The van der Waals surface area contributed by atoms with Crippen LogP contribution in [0.2, 0.25) is 0 Å². The zero-order valence-electron chi connectivity index (χ0n) is 17.9. The monoisotopic (exact) mass is 385 g/mol. The number of carboxylic acids is 1. The molecule has 154 valence electrons. The van der Waals surface area contributed by atoms with Crippen molar-refractivity contribution in [2.45, 2.75) is 84.6 Å². The van der Waals surface area contributed by atoms with Gasteiger partial charge in [0.25, 0.3) is 5.82 Å². The van der Waals surface area contributed by atoms with Gasteiger partial charge in [-0.05, 0) is 24.1 Å². The minimum absolute atomic E-state index is 0.341. The Bertz CT molecular complexity index is 732. The number of aromatic nitrogens is 2. The summed E-state index contributed by atoms with van der Waals surface area (Å²) in [5, 5.41) is 9.05. The molecule has 0 spiro atoms. The van der Waals surface area contributed by atoms with E-state index in [9.17, 15) is 4.79 Å². The normalized spacial score (nSPS) is 11.1. The summed E-state index contributed by atoms with van der Waals surface area (Å²) < 4.78 is 4.60. The predicted molar refractivity (Wildman–Crippen MR) is 114 cm³/mol. The lowest BCUT2D eigenvalue weighted by molar-refractivity contribution is -0.695. The van der Waals surface area contributed by atoms with Crippen LogP contribution < -0.4 is 4.57 Å². The van der Waals surface area contributed by atoms with Crippen LogP contribution in [0, 0.1) is 6.92 Å². The standard InChI is InChI=1S/C24H36N2O2/c1-4-5-6-7-8-9-10-11-12-13-23-25(3)20(2)18-26(23)19-21-14-16-22(17-15-21)24(27)28/h14-18H,4-13,19H2,1-3H3/p+1. The molecule has 0 saturated carbocycles. The number of carbonyl (C=O) groups is 1. The first-order valence-electron chi connectivity index (χ1n) is 10.9. The van der Waals surface area contributed by atoms with Crippen molar-refractivity contribution in [1.29, 1.82) is 0 Å². The number of aromatic carboxylic acids is 1. The first-order valence-corrected chi connectivity index (χ1v) is 10.9. The molecule has 28 heavy (non-hydrogen) atoms. The van der Waals surface area contributed by atoms with Gasteiger partial charge in [-0.25, -0.2) is 13.9 Å². The molecular formula is C24H37N2O2+. The molecule has 1 aromatic carbocycles. The quantitative estimate of drug-likeness (QED) is 0.368. The lowest BCUT2D eigenvalue weighted by Crippen LogP contribution is -2.37. The molecule has 1 N–H and O–H groups in total. The Balaban J connectivity index is 1.83. The van der Waals surface area contributed by atoms with Gasteiger partial charge in [-0.2, -0.15) is 0 Å². The van der Waals surface area contributed by atoms with E-state index in [1.165, 1.54) is 69.3 Å². The highest BCUT2D eigenvalue weighted by Gasteiger charge is 2.18. The molecule has 4 nitrogen and oxygen atoms in total. The van der Waals surface area contributed by atoms with Gasteiger partial charge in [0.2, 0.25) is 0 Å². The number of unbranched alkanes of at least 4 members (excludes halogenated alkanes) is 8. The first-order chi connectivity index (χ1) is 13.5. The number of benzene rings is 1. The van der Waals surface area contributed by atoms with E-state index in [4.69, 9.17) is 5.11 Å². The van der Waals surface area contributed by atoms with Gasteiger partial charge in [0.15, 0.2) is 0 Å². The summed E-state index contributed by atoms with van der Waals surface area (Å²) in [7, 11) is 2.14. The van der Waals surface area contributed by atoms with Gasteiger partial charge in [0.05, 0.1) is 12.6 Å². The molecule has 0 radical (unpaired) electrons. The van der Waals surface area contributed by atoms with E-state index in [0.29, 0.717) is 5.56 Å². The Labute approximate surface area is 170 Å². The van der Waals surface area contributed by atoms with Crippen LogP contribution in [-0.4, -0.2) is 15.6 Å². The highest BCUT2D eigenvalue weighted by molar-refractivity contribution is 5.87. The predicted octanol–water partition coefficient (Wildman–Crippen LogP) is 5.44. The second-order valence-electron chi connectivity index (χ2n) is 7.95. The Morgan fingerprint density at radius 2 is 1.54 bits per heavy atom. The zero-order valence-corrected chi connectivity index (χ0v) is 17.9. The summed E-state index contributed by atoms with van der Waals surface area (Å²) in [5.41, 5.74) is 2.73. The van der Waals surface area contributed by atoms with Crippen LogP contribution in [0.4, 0.5) is 0 Å². The molecule has 0 saturated heterocycles. The summed E-state index contributed by atoms with van der Waals surface area (Å²) in [5.74, 6) is 0.476. The van der Waals surface area contributed by atoms with Gasteiger partial charge in [-0.15, -0.1) is 0 Å². The van der Waals surface area contributed by atoms with Crippen molar-refractivity contribution in [2.24, 2.45) is 7.05 Å². The first kappa shape index (κ1) is 22.2. The average molecular weight is 386 g/mol. The topological polar surface area (TPSA) is 46.1 Å². The fourth-order valence-electron chi connectivity index (χ4n) is 3.77. The molecule has 0 bridgehead atoms. The van der Waals surface area contributed by atoms with E-state index in [0.717, 1.165) is 18.5 Å². The summed E-state index contributed by atoms with van der Waals surface area (Å²) >= 11 is 0. The number of hydrogen-bond acceptors (Lipinski definition) is 1. The Hall–Kier alpha value is -2.10. The number of aryl methyl sites for hydroxylation is 1. The molecule has 0 aliphatic rings. The zero-order chi connectivity index (χ0) is 20.4. The molecule has 2 aromatic rings. The summed E-state index contributed by atoms with van der Waals surface area (Å²) in [6.07, 6.45) is 15.4. The molecule has 0 aliphatic heterocycles. The maximum atomic E-state index is 11.0. The molecule has 0 fully saturated rings. The second-order valence-corrected chi connectivity index (χ2v) is 7.95. The van der Waals surface area contributed by atoms with Crippen molar-refractivity contribution < 1.29 is 14.5 Å². The lowest BCUT2D eigenvalue weighted by Gasteiger charge is -2.05. The van der Waals surface area contributed by atoms with E-state index >= 15 is 0 Å². The third kappa shape index (κ3) is 6.81. The van der Waals surface area contributed by atoms with Crippen LogP contribution in [-0.2, 0) is 20.0 Å². The Kier molecular flexibility index (Phi) is 9.26. The van der Waals surface area contributed by atoms with Crippen molar-refractivity contribution in [2.75, 3.05) is 0 Å². The van der Waals surface area contributed by atoms with Gasteiger partial charge in [0, 0.05) is 13.3 Å². The van der Waals surface area contributed by atoms with Crippen molar-refractivity contribution >= 4 is 5.97 Å². The SMILES string of the molecule is CCCCCCCCCCCc1n(C)c(C)c[n+]1Cc1ccc(C(=O)O)cc1. The molecule has 0 atom stereocenters. The van der Waals surface area contributed by atoms with Crippen molar-refractivity contribution in [1.82, 2.24) is 4.57 Å².